The van der Waals surface area contributed by atoms with Gasteiger partial charge in [-0.05, 0) is 48.4 Å². The van der Waals surface area contributed by atoms with Crippen molar-refractivity contribution < 1.29 is 13.9 Å². The molecule has 0 saturated carbocycles. The Labute approximate surface area is 234 Å². The van der Waals surface area contributed by atoms with Crippen molar-refractivity contribution in [2.45, 2.75) is 35.2 Å². The first-order valence-electron chi connectivity index (χ1n) is 12.5. The van der Waals surface area contributed by atoms with Gasteiger partial charge < -0.3 is 25.5 Å². The minimum Gasteiger partial charge on any atom is -0.464 e. The maximum Gasteiger partial charge on any atom is 0.360 e. The number of carbonyl (C=O) groups is 1. The first kappa shape index (κ1) is 25.6. The zero-order valence-electron chi connectivity index (χ0n) is 21.1. The summed E-state index contributed by atoms with van der Waals surface area (Å²) in [6.45, 7) is 1.30. The van der Waals surface area contributed by atoms with E-state index in [1.165, 1.54) is 25.1 Å². The number of methoxy groups -OCH3 is 1. The second-order valence-corrected chi connectivity index (χ2v) is 11.1. The summed E-state index contributed by atoms with van der Waals surface area (Å²) in [6.07, 6.45) is 7.35. The van der Waals surface area contributed by atoms with Crippen LogP contribution in [0.5, 0.6) is 0 Å². The Hall–Kier alpha value is -3.67. The molecule has 4 N–H and O–H groups in total. The Morgan fingerprint density at radius 1 is 1.18 bits per heavy atom. The monoisotopic (exact) mass is 563 g/mol. The van der Waals surface area contributed by atoms with Gasteiger partial charge in [-0.1, -0.05) is 35.5 Å². The quantitative estimate of drug-likeness (QED) is 0.330. The lowest BCUT2D eigenvalue weighted by atomic mass is 9.73. The number of fused-ring (bicyclic) bond motifs is 1. The molecule has 1 aromatic carbocycles. The Balaban J connectivity index is 1.27. The summed E-state index contributed by atoms with van der Waals surface area (Å²) in [5, 5.41) is 0.776. The average molecular weight is 564 g/mol. The third kappa shape index (κ3) is 4.50. The normalized spacial score (nSPS) is 17.8. The van der Waals surface area contributed by atoms with E-state index < -0.39 is 5.97 Å². The summed E-state index contributed by atoms with van der Waals surface area (Å²) in [4.78, 5) is 33.5. The van der Waals surface area contributed by atoms with Crippen LogP contribution >= 0.6 is 23.4 Å². The molecule has 6 rings (SSSR count). The Bertz CT molecular complexity index is 1540. The third-order valence-corrected chi connectivity index (χ3v) is 9.15. The number of piperidine rings is 1. The minimum absolute atomic E-state index is 0.0714. The summed E-state index contributed by atoms with van der Waals surface area (Å²) in [6, 6.07) is 9.40. The molecule has 0 radical (unpaired) electrons. The molecule has 10 nitrogen and oxygen atoms in total. The van der Waals surface area contributed by atoms with Gasteiger partial charge >= 0.3 is 5.97 Å². The van der Waals surface area contributed by atoms with Crippen LogP contribution in [-0.2, 0) is 11.2 Å². The van der Waals surface area contributed by atoms with E-state index in [-0.39, 0.29) is 23.0 Å². The van der Waals surface area contributed by atoms with Crippen LogP contribution in [0.1, 0.15) is 40.6 Å². The molecule has 0 unspecified atom stereocenters. The van der Waals surface area contributed by atoms with Crippen LogP contribution < -0.4 is 16.4 Å². The average Bonchev–Trinajstić information content (AvgIpc) is 3.58. The molecule has 4 heterocycles. The molecule has 1 aliphatic carbocycles. The number of carbonyl (C=O) groups excluding carboxylic acids is 1. The van der Waals surface area contributed by atoms with E-state index in [2.05, 4.69) is 26.0 Å². The van der Waals surface area contributed by atoms with Crippen LogP contribution in [0, 0.1) is 5.41 Å². The zero-order chi connectivity index (χ0) is 27.1. The molecular weight excluding hydrogens is 538 g/mol. The predicted molar refractivity (Wildman–Crippen MR) is 148 cm³/mol. The maximum atomic E-state index is 12.8. The first-order valence-corrected chi connectivity index (χ1v) is 13.7. The fourth-order valence-electron chi connectivity index (χ4n) is 5.47. The van der Waals surface area contributed by atoms with Crippen LogP contribution in [0.15, 0.2) is 63.3 Å². The van der Waals surface area contributed by atoms with Crippen molar-refractivity contribution in [3.8, 4) is 11.5 Å². The second-order valence-electron chi connectivity index (χ2n) is 9.68. The molecule has 200 valence electrons. The molecule has 1 fully saturated rings. The molecule has 12 heteroatoms. The first-order chi connectivity index (χ1) is 18.9. The number of hydrogen-bond donors (Lipinski definition) is 2. The van der Waals surface area contributed by atoms with Gasteiger partial charge in [0.2, 0.25) is 5.89 Å². The SMILES string of the molecule is COC(=O)c1nc(Sc2cccc(-c3ncco3)c2Cl)c(N)nc1N1CCC2(CC1)Cc1ncccc1[C@H]2N. The van der Waals surface area contributed by atoms with Crippen molar-refractivity contribution in [3.63, 3.8) is 0 Å². The largest absolute Gasteiger partial charge is 0.464 e. The summed E-state index contributed by atoms with van der Waals surface area (Å²) in [5.41, 5.74) is 16.0. The van der Waals surface area contributed by atoms with Crippen LogP contribution in [0.3, 0.4) is 0 Å². The van der Waals surface area contributed by atoms with E-state index in [0.29, 0.717) is 45.3 Å². The van der Waals surface area contributed by atoms with Crippen molar-refractivity contribution in [1.82, 2.24) is 19.9 Å². The van der Waals surface area contributed by atoms with E-state index in [1.54, 1.807) is 6.20 Å². The van der Waals surface area contributed by atoms with Crippen molar-refractivity contribution in [2.24, 2.45) is 11.1 Å². The van der Waals surface area contributed by atoms with E-state index in [9.17, 15) is 4.79 Å². The molecule has 39 heavy (non-hydrogen) atoms. The maximum absolute atomic E-state index is 12.8. The van der Waals surface area contributed by atoms with Gasteiger partial charge in [-0.2, -0.15) is 0 Å². The Morgan fingerprint density at radius 3 is 2.72 bits per heavy atom. The predicted octanol–water partition coefficient (Wildman–Crippen LogP) is 4.54. The number of esters is 1. The zero-order valence-corrected chi connectivity index (χ0v) is 22.7. The lowest BCUT2D eigenvalue weighted by Crippen LogP contribution is -2.45. The van der Waals surface area contributed by atoms with Gasteiger partial charge in [-0.25, -0.2) is 19.7 Å². The highest BCUT2D eigenvalue weighted by Crippen LogP contribution is 2.50. The van der Waals surface area contributed by atoms with Crippen LogP contribution in [0.2, 0.25) is 5.02 Å². The Kier molecular flexibility index (Phi) is 6.66. The fourth-order valence-corrected chi connectivity index (χ4v) is 6.64. The molecule has 1 saturated heterocycles. The highest BCUT2D eigenvalue weighted by Gasteiger charge is 2.47. The van der Waals surface area contributed by atoms with Gasteiger partial charge in [0.15, 0.2) is 17.3 Å². The van der Waals surface area contributed by atoms with Crippen LogP contribution in [0.25, 0.3) is 11.5 Å². The molecule has 3 aromatic heterocycles. The summed E-state index contributed by atoms with van der Waals surface area (Å²) in [5.74, 6) is 0.402. The molecule has 1 spiro atoms. The van der Waals surface area contributed by atoms with Gasteiger partial charge in [0, 0.05) is 35.9 Å². The number of oxazole rings is 1. The van der Waals surface area contributed by atoms with Crippen molar-refractivity contribution >= 4 is 41.0 Å². The van der Waals surface area contributed by atoms with Gasteiger partial charge in [-0.3, -0.25) is 4.98 Å². The van der Waals surface area contributed by atoms with Crippen LogP contribution in [-0.4, -0.2) is 46.1 Å². The van der Waals surface area contributed by atoms with Crippen molar-refractivity contribution in [2.75, 3.05) is 30.8 Å². The fraction of sp³-hybridized carbons (Fsp3) is 0.296. The van der Waals surface area contributed by atoms with Crippen molar-refractivity contribution in [1.29, 1.82) is 0 Å². The van der Waals surface area contributed by atoms with E-state index >= 15 is 0 Å². The van der Waals surface area contributed by atoms with Gasteiger partial charge in [0.25, 0.3) is 0 Å². The lowest BCUT2D eigenvalue weighted by molar-refractivity contribution is 0.0593. The van der Waals surface area contributed by atoms with E-state index in [4.69, 9.17) is 32.2 Å². The minimum atomic E-state index is -0.589. The lowest BCUT2D eigenvalue weighted by Gasteiger charge is -2.42. The van der Waals surface area contributed by atoms with E-state index in [0.717, 1.165) is 30.5 Å². The van der Waals surface area contributed by atoms with Crippen molar-refractivity contribution in [3.05, 3.63) is 71.0 Å². The van der Waals surface area contributed by atoms with Gasteiger partial charge in [-0.15, -0.1) is 0 Å². The number of halogens is 1. The number of ether oxygens (including phenoxy) is 1. The Morgan fingerprint density at radius 2 is 2.00 bits per heavy atom. The molecule has 0 bridgehead atoms. The topological polar surface area (TPSA) is 146 Å². The number of hydrogen-bond acceptors (Lipinski definition) is 11. The number of nitrogen functional groups attached to an aromatic ring is 1. The molecule has 4 aromatic rings. The number of rotatable bonds is 5. The van der Waals surface area contributed by atoms with Gasteiger partial charge in [0.05, 0.1) is 23.9 Å². The molecule has 1 atom stereocenters. The highest BCUT2D eigenvalue weighted by atomic mass is 35.5. The summed E-state index contributed by atoms with van der Waals surface area (Å²) >= 11 is 7.87. The number of aromatic nitrogens is 4. The number of pyridine rings is 1. The van der Waals surface area contributed by atoms with Crippen LogP contribution in [0.4, 0.5) is 11.6 Å². The van der Waals surface area contributed by atoms with E-state index in [1.807, 2.05) is 35.4 Å². The standard InChI is InChI=1S/C27H26ClN7O3S/c1-37-26(36)20-23(35-11-7-27(8-12-35)14-17-15(21(27)29)5-3-9-31-17)34-22(30)25(33-20)39-18-6-2-4-16(19(18)28)24-32-10-13-38-24/h2-6,9-10,13,21H,7-8,11-12,14,29H2,1H3,(H2,30,34)/t21-/m1/s1. The number of nitrogens with two attached hydrogens (primary N) is 2. The molecule has 2 aliphatic rings. The molecule has 0 amide bonds. The number of benzene rings is 1. The third-order valence-electron chi connectivity index (χ3n) is 7.58. The number of nitrogens with zero attached hydrogens (tertiary/aromatic N) is 5. The highest BCUT2D eigenvalue weighted by molar-refractivity contribution is 7.99. The molecular formula is C27H26ClN7O3S. The van der Waals surface area contributed by atoms with Gasteiger partial charge in [0.1, 0.15) is 11.3 Å². The summed E-state index contributed by atoms with van der Waals surface area (Å²) < 4.78 is 10.5. The second kappa shape index (κ2) is 10.1. The summed E-state index contributed by atoms with van der Waals surface area (Å²) in [7, 11) is 1.32. The number of anilines is 2. The smallest absolute Gasteiger partial charge is 0.360 e. The molecule has 1 aliphatic heterocycles.